The summed E-state index contributed by atoms with van der Waals surface area (Å²) in [5, 5.41) is 1.29. The fourth-order valence-electron chi connectivity index (χ4n) is 3.84. The van der Waals surface area contributed by atoms with E-state index in [9.17, 15) is 4.79 Å². The van der Waals surface area contributed by atoms with Crippen molar-refractivity contribution in [1.82, 2.24) is 9.88 Å². The Hall–Kier alpha value is -1.77. The van der Waals surface area contributed by atoms with Gasteiger partial charge in [-0.3, -0.25) is 4.79 Å². The number of hydrogen-bond donors (Lipinski definition) is 1. The predicted octanol–water partition coefficient (Wildman–Crippen LogP) is 3.98. The first kappa shape index (κ1) is 13.9. The molecule has 4 rings (SSSR count). The van der Waals surface area contributed by atoms with Crippen molar-refractivity contribution in [3.63, 3.8) is 0 Å². The Morgan fingerprint density at radius 2 is 2.05 bits per heavy atom. The molecule has 1 saturated carbocycles. The van der Waals surface area contributed by atoms with E-state index in [-0.39, 0.29) is 0 Å². The van der Waals surface area contributed by atoms with Crippen molar-refractivity contribution in [2.45, 2.75) is 44.9 Å². The van der Waals surface area contributed by atoms with Gasteiger partial charge in [-0.1, -0.05) is 18.1 Å². The zero-order valence-corrected chi connectivity index (χ0v) is 13.3. The van der Waals surface area contributed by atoms with Crippen molar-refractivity contribution in [2.75, 3.05) is 13.1 Å². The Labute approximate surface area is 131 Å². The Balaban J connectivity index is 1.54. The lowest BCUT2D eigenvalue weighted by Crippen LogP contribution is -2.44. The van der Waals surface area contributed by atoms with E-state index in [0.29, 0.717) is 17.7 Å². The molecule has 1 aliphatic carbocycles. The van der Waals surface area contributed by atoms with Gasteiger partial charge in [0.05, 0.1) is 0 Å². The van der Waals surface area contributed by atoms with Crippen LogP contribution in [0.1, 0.15) is 49.3 Å². The van der Waals surface area contributed by atoms with Crippen LogP contribution in [0.5, 0.6) is 0 Å². The highest BCUT2D eigenvalue weighted by Gasteiger charge is 2.32. The van der Waals surface area contributed by atoms with E-state index >= 15 is 0 Å². The van der Waals surface area contributed by atoms with E-state index < -0.39 is 0 Å². The minimum Gasteiger partial charge on any atom is -0.358 e. The van der Waals surface area contributed by atoms with Crippen LogP contribution in [0.25, 0.3) is 10.9 Å². The number of nitrogens with zero attached hydrogens (tertiary/aromatic N) is 1. The topological polar surface area (TPSA) is 36.1 Å². The van der Waals surface area contributed by atoms with Gasteiger partial charge < -0.3 is 9.88 Å². The van der Waals surface area contributed by atoms with E-state index in [4.69, 9.17) is 0 Å². The summed E-state index contributed by atoms with van der Waals surface area (Å²) in [5.41, 5.74) is 3.80. The van der Waals surface area contributed by atoms with Crippen LogP contribution in [0.15, 0.2) is 24.3 Å². The van der Waals surface area contributed by atoms with Gasteiger partial charge in [-0.2, -0.15) is 0 Å². The highest BCUT2D eigenvalue weighted by molar-refractivity contribution is 5.82. The van der Waals surface area contributed by atoms with Gasteiger partial charge in [0.1, 0.15) is 0 Å². The molecule has 2 aliphatic rings. The Morgan fingerprint density at radius 3 is 2.82 bits per heavy atom. The average Bonchev–Trinajstić information content (AvgIpc) is 2.88. The number of aromatic amines is 1. The highest BCUT2D eigenvalue weighted by Crippen LogP contribution is 2.33. The molecule has 116 valence electrons. The molecule has 0 spiro atoms. The van der Waals surface area contributed by atoms with Gasteiger partial charge in [0.15, 0.2) is 0 Å². The fourth-order valence-corrected chi connectivity index (χ4v) is 3.84. The minimum absolute atomic E-state index is 0.323. The number of carbonyl (C=O) groups excluding carboxylic acids is 1. The number of piperidine rings is 1. The summed E-state index contributed by atoms with van der Waals surface area (Å²) < 4.78 is 0. The molecule has 1 unspecified atom stereocenters. The first-order chi connectivity index (χ1) is 10.7. The molecular weight excluding hydrogens is 272 g/mol. The lowest BCUT2D eigenvalue weighted by molar-refractivity contribution is -0.139. The first-order valence-corrected chi connectivity index (χ1v) is 8.59. The second-order valence-corrected chi connectivity index (χ2v) is 7.07. The standard InChI is InChI=1S/C19H24N2O/c1-13-7-8-17-16(10-13)11-18(20-17)15-6-3-9-21(12-15)19(22)14-4-2-5-14/h7-8,10-11,14-15,20H,2-6,9,12H2,1H3. The smallest absolute Gasteiger partial charge is 0.225 e. The average molecular weight is 296 g/mol. The largest absolute Gasteiger partial charge is 0.358 e. The minimum atomic E-state index is 0.323. The zero-order chi connectivity index (χ0) is 15.1. The normalized spacial score (nSPS) is 22.8. The maximum atomic E-state index is 12.5. The molecule has 2 fully saturated rings. The molecule has 0 bridgehead atoms. The van der Waals surface area contributed by atoms with Crippen LogP contribution >= 0.6 is 0 Å². The van der Waals surface area contributed by atoms with E-state index in [1.165, 1.54) is 35.0 Å². The van der Waals surface area contributed by atoms with Crippen molar-refractivity contribution in [3.05, 3.63) is 35.5 Å². The van der Waals surface area contributed by atoms with Crippen molar-refractivity contribution in [3.8, 4) is 0 Å². The molecule has 1 aliphatic heterocycles. The van der Waals surface area contributed by atoms with Crippen LogP contribution in [0, 0.1) is 12.8 Å². The number of hydrogen-bond acceptors (Lipinski definition) is 1. The monoisotopic (exact) mass is 296 g/mol. The lowest BCUT2D eigenvalue weighted by atomic mass is 9.83. The van der Waals surface area contributed by atoms with Crippen LogP contribution in [-0.4, -0.2) is 28.9 Å². The SMILES string of the molecule is Cc1ccc2[nH]c(C3CCCN(C(=O)C4CCC4)C3)cc2c1. The Morgan fingerprint density at radius 1 is 1.18 bits per heavy atom. The molecule has 1 aromatic heterocycles. The quantitative estimate of drug-likeness (QED) is 0.894. The number of nitrogens with one attached hydrogen (secondary N) is 1. The van der Waals surface area contributed by atoms with Gasteiger partial charge in [-0.15, -0.1) is 0 Å². The summed E-state index contributed by atoms with van der Waals surface area (Å²) in [6, 6.07) is 8.82. The maximum Gasteiger partial charge on any atom is 0.225 e. The van der Waals surface area contributed by atoms with E-state index in [1.54, 1.807) is 0 Å². The number of rotatable bonds is 2. The number of H-pyrrole nitrogens is 1. The molecule has 2 aromatic rings. The van der Waals surface area contributed by atoms with Crippen molar-refractivity contribution in [2.24, 2.45) is 5.92 Å². The molecule has 1 amide bonds. The number of carbonyl (C=O) groups is 1. The Bertz CT molecular complexity index is 699. The van der Waals surface area contributed by atoms with Crippen molar-refractivity contribution < 1.29 is 4.79 Å². The van der Waals surface area contributed by atoms with Gasteiger partial charge in [0.25, 0.3) is 0 Å². The lowest BCUT2D eigenvalue weighted by Gasteiger charge is -2.37. The number of fused-ring (bicyclic) bond motifs is 1. The number of aryl methyl sites for hydroxylation is 1. The van der Waals surface area contributed by atoms with Crippen molar-refractivity contribution >= 4 is 16.8 Å². The van der Waals surface area contributed by atoms with Crippen LogP contribution < -0.4 is 0 Å². The van der Waals surface area contributed by atoms with E-state index in [1.807, 2.05) is 0 Å². The Kier molecular flexibility index (Phi) is 3.44. The van der Waals surface area contributed by atoms with Gasteiger partial charge in [0.2, 0.25) is 5.91 Å². The predicted molar refractivity (Wildman–Crippen MR) is 88.9 cm³/mol. The third-order valence-electron chi connectivity index (χ3n) is 5.42. The molecule has 22 heavy (non-hydrogen) atoms. The number of likely N-dealkylation sites (tertiary alicyclic amines) is 1. The molecule has 1 saturated heterocycles. The van der Waals surface area contributed by atoms with Gasteiger partial charge in [-0.05, 0) is 56.2 Å². The molecule has 1 aromatic carbocycles. The third kappa shape index (κ3) is 2.43. The molecule has 2 heterocycles. The van der Waals surface area contributed by atoms with E-state index in [0.717, 1.165) is 32.4 Å². The fraction of sp³-hybridized carbons (Fsp3) is 0.526. The molecular formula is C19H24N2O. The summed E-state index contributed by atoms with van der Waals surface area (Å²) in [5.74, 6) is 1.19. The molecule has 1 N–H and O–H groups in total. The summed E-state index contributed by atoms with van der Waals surface area (Å²) in [4.78, 5) is 18.2. The first-order valence-electron chi connectivity index (χ1n) is 8.59. The second kappa shape index (κ2) is 5.45. The maximum absolute atomic E-state index is 12.5. The molecule has 1 atom stereocenters. The number of amides is 1. The van der Waals surface area contributed by atoms with E-state index in [2.05, 4.69) is 41.1 Å². The number of benzene rings is 1. The van der Waals surface area contributed by atoms with Crippen LogP contribution in [0.2, 0.25) is 0 Å². The van der Waals surface area contributed by atoms with Crippen molar-refractivity contribution in [1.29, 1.82) is 0 Å². The van der Waals surface area contributed by atoms with Crippen LogP contribution in [0.4, 0.5) is 0 Å². The third-order valence-corrected chi connectivity index (χ3v) is 5.42. The summed E-state index contributed by atoms with van der Waals surface area (Å²) >= 11 is 0. The molecule has 3 heteroatoms. The van der Waals surface area contributed by atoms with Gasteiger partial charge >= 0.3 is 0 Å². The summed E-state index contributed by atoms with van der Waals surface area (Å²) in [6.07, 6.45) is 5.74. The summed E-state index contributed by atoms with van der Waals surface area (Å²) in [6.45, 7) is 3.97. The van der Waals surface area contributed by atoms with Gasteiger partial charge in [0, 0.05) is 36.1 Å². The van der Waals surface area contributed by atoms with Crippen LogP contribution in [0.3, 0.4) is 0 Å². The second-order valence-electron chi connectivity index (χ2n) is 7.07. The molecule has 3 nitrogen and oxygen atoms in total. The number of aromatic nitrogens is 1. The molecule has 0 radical (unpaired) electrons. The highest BCUT2D eigenvalue weighted by atomic mass is 16.2. The van der Waals surface area contributed by atoms with Crippen LogP contribution in [-0.2, 0) is 4.79 Å². The van der Waals surface area contributed by atoms with Gasteiger partial charge in [-0.25, -0.2) is 0 Å². The summed E-state index contributed by atoms with van der Waals surface area (Å²) in [7, 11) is 0. The zero-order valence-electron chi connectivity index (χ0n) is 13.3.